The molecule has 1 atom stereocenters. The zero-order valence-electron chi connectivity index (χ0n) is 15.8. The molecule has 0 amide bonds. The van der Waals surface area contributed by atoms with Gasteiger partial charge in [0.15, 0.2) is 5.82 Å². The highest BCUT2D eigenvalue weighted by molar-refractivity contribution is 5.77. The number of hydrogen-bond acceptors (Lipinski definition) is 7. The lowest BCUT2D eigenvalue weighted by molar-refractivity contribution is -0.138. The van der Waals surface area contributed by atoms with Gasteiger partial charge in [0.25, 0.3) is 0 Å². The molecule has 0 saturated carbocycles. The molecule has 2 heterocycles. The summed E-state index contributed by atoms with van der Waals surface area (Å²) >= 11 is 0. The molecule has 1 fully saturated rings. The minimum atomic E-state index is -0.935. The molecule has 1 aromatic carbocycles. The van der Waals surface area contributed by atoms with Crippen LogP contribution in [-0.2, 0) is 9.53 Å². The van der Waals surface area contributed by atoms with E-state index in [0.29, 0.717) is 38.1 Å². The lowest BCUT2D eigenvalue weighted by Crippen LogP contribution is -2.38. The molecule has 3 rings (SSSR count). The molecule has 0 radical (unpaired) electrons. The second-order valence-corrected chi connectivity index (χ2v) is 6.96. The highest BCUT2D eigenvalue weighted by Gasteiger charge is 2.24. The molecule has 1 aliphatic rings. The number of aromatic nitrogens is 3. The van der Waals surface area contributed by atoms with Gasteiger partial charge in [0, 0.05) is 18.7 Å². The van der Waals surface area contributed by atoms with Crippen LogP contribution in [-0.4, -0.2) is 58.4 Å². The second kappa shape index (κ2) is 8.30. The predicted octanol–water partition coefficient (Wildman–Crippen LogP) is 2.20. The van der Waals surface area contributed by atoms with Crippen LogP contribution in [0.5, 0.6) is 0 Å². The first-order chi connectivity index (χ1) is 12.9. The van der Waals surface area contributed by atoms with Gasteiger partial charge in [0.2, 0.25) is 11.9 Å². The Morgan fingerprint density at radius 2 is 1.96 bits per heavy atom. The number of carboxylic acids is 1. The number of nitrogens with zero attached hydrogens (tertiary/aromatic N) is 4. The average molecular weight is 371 g/mol. The number of nitrogens with one attached hydrogen (secondary N) is 1. The van der Waals surface area contributed by atoms with Crippen molar-refractivity contribution < 1.29 is 14.6 Å². The average Bonchev–Trinajstić information content (AvgIpc) is 2.66. The fourth-order valence-electron chi connectivity index (χ4n) is 2.90. The van der Waals surface area contributed by atoms with E-state index >= 15 is 0 Å². The Kier molecular flexibility index (Phi) is 5.85. The smallest absolute Gasteiger partial charge is 0.326 e. The number of morpholine rings is 1. The Morgan fingerprint density at radius 1 is 1.22 bits per heavy atom. The van der Waals surface area contributed by atoms with Gasteiger partial charge in [0.05, 0.1) is 13.2 Å². The number of aryl methyl sites for hydroxylation is 1. The number of aliphatic carboxylic acids is 1. The van der Waals surface area contributed by atoms with Crippen molar-refractivity contribution in [2.75, 3.05) is 36.5 Å². The minimum absolute atomic E-state index is 0.117. The van der Waals surface area contributed by atoms with Crippen molar-refractivity contribution in [2.45, 2.75) is 26.8 Å². The van der Waals surface area contributed by atoms with Crippen LogP contribution in [0.2, 0.25) is 0 Å². The summed E-state index contributed by atoms with van der Waals surface area (Å²) in [6.07, 6.45) is 0. The van der Waals surface area contributed by atoms with Gasteiger partial charge in [-0.1, -0.05) is 37.6 Å². The lowest BCUT2D eigenvalue weighted by atomic mass is 10.1. The van der Waals surface area contributed by atoms with Crippen LogP contribution in [0.3, 0.4) is 0 Å². The SMILES string of the molecule is Cc1cccc(-c2nc(NC(C(=O)O)C(C)C)nc(N3CCOCC3)n2)c1. The molecule has 1 unspecified atom stereocenters. The monoisotopic (exact) mass is 371 g/mol. The van der Waals surface area contributed by atoms with E-state index in [-0.39, 0.29) is 11.9 Å². The summed E-state index contributed by atoms with van der Waals surface area (Å²) in [7, 11) is 0. The molecule has 2 aromatic rings. The Balaban J connectivity index is 2.01. The Labute approximate surface area is 158 Å². The Bertz CT molecular complexity index is 806. The summed E-state index contributed by atoms with van der Waals surface area (Å²) < 4.78 is 5.40. The molecule has 8 nitrogen and oxygen atoms in total. The van der Waals surface area contributed by atoms with E-state index < -0.39 is 12.0 Å². The van der Waals surface area contributed by atoms with Gasteiger partial charge < -0.3 is 20.1 Å². The van der Waals surface area contributed by atoms with Crippen molar-refractivity contribution >= 4 is 17.9 Å². The van der Waals surface area contributed by atoms with Gasteiger partial charge in [-0.05, 0) is 18.9 Å². The number of carbonyl (C=O) groups is 1. The molecular weight excluding hydrogens is 346 g/mol. The molecule has 1 saturated heterocycles. The van der Waals surface area contributed by atoms with E-state index in [2.05, 4.69) is 20.3 Å². The largest absolute Gasteiger partial charge is 0.480 e. The summed E-state index contributed by atoms with van der Waals surface area (Å²) in [4.78, 5) is 27.2. The first kappa shape index (κ1) is 19.0. The molecular formula is C19H25N5O3. The number of ether oxygens (including phenoxy) is 1. The third-order valence-electron chi connectivity index (χ3n) is 4.41. The van der Waals surface area contributed by atoms with Crippen LogP contribution in [0.15, 0.2) is 24.3 Å². The molecule has 144 valence electrons. The van der Waals surface area contributed by atoms with E-state index in [0.717, 1.165) is 11.1 Å². The predicted molar refractivity (Wildman–Crippen MR) is 103 cm³/mol. The standard InChI is InChI=1S/C19H25N5O3/c1-12(2)15(17(25)26)20-18-21-16(14-6-4-5-13(3)11-14)22-19(23-18)24-7-9-27-10-8-24/h4-6,11-12,15H,7-10H2,1-3H3,(H,25,26)(H,20,21,22,23). The number of rotatable bonds is 6. The van der Waals surface area contributed by atoms with Crippen molar-refractivity contribution in [3.63, 3.8) is 0 Å². The minimum Gasteiger partial charge on any atom is -0.480 e. The van der Waals surface area contributed by atoms with Crippen LogP contribution >= 0.6 is 0 Å². The molecule has 0 aliphatic carbocycles. The summed E-state index contributed by atoms with van der Waals surface area (Å²) in [5.41, 5.74) is 1.97. The van der Waals surface area contributed by atoms with E-state index in [1.54, 1.807) is 0 Å². The zero-order chi connectivity index (χ0) is 19.4. The zero-order valence-corrected chi connectivity index (χ0v) is 15.8. The third kappa shape index (κ3) is 4.71. The summed E-state index contributed by atoms with van der Waals surface area (Å²) in [5.74, 6) is 0.263. The van der Waals surface area contributed by atoms with Gasteiger partial charge in [-0.15, -0.1) is 0 Å². The highest BCUT2D eigenvalue weighted by Crippen LogP contribution is 2.22. The molecule has 8 heteroatoms. The van der Waals surface area contributed by atoms with Crippen molar-refractivity contribution in [3.8, 4) is 11.4 Å². The Hall–Kier alpha value is -2.74. The van der Waals surface area contributed by atoms with Crippen molar-refractivity contribution in [3.05, 3.63) is 29.8 Å². The molecule has 0 bridgehead atoms. The summed E-state index contributed by atoms with van der Waals surface area (Å²) in [6.45, 7) is 8.28. The quantitative estimate of drug-likeness (QED) is 0.797. The number of anilines is 2. The summed E-state index contributed by atoms with van der Waals surface area (Å²) in [5, 5.41) is 12.4. The highest BCUT2D eigenvalue weighted by atomic mass is 16.5. The maximum atomic E-state index is 11.6. The Morgan fingerprint density at radius 3 is 2.59 bits per heavy atom. The fraction of sp³-hybridized carbons (Fsp3) is 0.474. The molecule has 1 aliphatic heterocycles. The van der Waals surface area contributed by atoms with E-state index in [4.69, 9.17) is 4.74 Å². The number of hydrogen-bond donors (Lipinski definition) is 2. The van der Waals surface area contributed by atoms with E-state index in [9.17, 15) is 9.90 Å². The van der Waals surface area contributed by atoms with Gasteiger partial charge in [-0.3, -0.25) is 0 Å². The van der Waals surface area contributed by atoms with Crippen LogP contribution in [0.25, 0.3) is 11.4 Å². The van der Waals surface area contributed by atoms with Gasteiger partial charge in [0.1, 0.15) is 6.04 Å². The van der Waals surface area contributed by atoms with Gasteiger partial charge >= 0.3 is 5.97 Å². The molecule has 1 aromatic heterocycles. The lowest BCUT2D eigenvalue weighted by Gasteiger charge is -2.27. The van der Waals surface area contributed by atoms with Crippen molar-refractivity contribution in [1.29, 1.82) is 0 Å². The van der Waals surface area contributed by atoms with Crippen LogP contribution in [0, 0.1) is 12.8 Å². The van der Waals surface area contributed by atoms with E-state index in [1.165, 1.54) is 0 Å². The fourth-order valence-corrected chi connectivity index (χ4v) is 2.90. The maximum absolute atomic E-state index is 11.6. The molecule has 27 heavy (non-hydrogen) atoms. The first-order valence-corrected chi connectivity index (χ1v) is 9.09. The number of carboxylic acid groups (broad SMARTS) is 1. The number of benzene rings is 1. The van der Waals surface area contributed by atoms with Gasteiger partial charge in [-0.2, -0.15) is 15.0 Å². The molecule has 0 spiro atoms. The normalized spacial score (nSPS) is 15.6. The van der Waals surface area contributed by atoms with Gasteiger partial charge in [-0.25, -0.2) is 4.79 Å². The molecule has 2 N–H and O–H groups in total. The second-order valence-electron chi connectivity index (χ2n) is 6.96. The van der Waals surface area contributed by atoms with E-state index in [1.807, 2.05) is 49.9 Å². The van der Waals surface area contributed by atoms with Crippen LogP contribution in [0.1, 0.15) is 19.4 Å². The summed E-state index contributed by atoms with van der Waals surface area (Å²) in [6, 6.07) is 7.11. The van der Waals surface area contributed by atoms with Crippen LogP contribution in [0.4, 0.5) is 11.9 Å². The maximum Gasteiger partial charge on any atom is 0.326 e. The third-order valence-corrected chi connectivity index (χ3v) is 4.41. The van der Waals surface area contributed by atoms with Crippen LogP contribution < -0.4 is 10.2 Å². The van der Waals surface area contributed by atoms with Crippen molar-refractivity contribution in [1.82, 2.24) is 15.0 Å². The first-order valence-electron chi connectivity index (χ1n) is 9.09. The topological polar surface area (TPSA) is 100 Å². The van der Waals surface area contributed by atoms with Crippen molar-refractivity contribution in [2.24, 2.45) is 5.92 Å².